The van der Waals surface area contributed by atoms with Gasteiger partial charge in [0.1, 0.15) is 0 Å². The molecule has 0 amide bonds. The predicted octanol–water partition coefficient (Wildman–Crippen LogP) is 2.90. The Labute approximate surface area is 85.8 Å². The van der Waals surface area contributed by atoms with E-state index in [1.165, 1.54) is 12.1 Å². The SMILES string of the molecule is CC1CC1c1cnc(C(C)(C)C)cn1. The second-order valence-corrected chi connectivity index (χ2v) is 5.40. The van der Waals surface area contributed by atoms with E-state index in [4.69, 9.17) is 0 Å². The average molecular weight is 190 g/mol. The van der Waals surface area contributed by atoms with E-state index in [1.54, 1.807) is 0 Å². The Kier molecular flexibility index (Phi) is 2.09. The summed E-state index contributed by atoms with van der Waals surface area (Å²) in [7, 11) is 0. The van der Waals surface area contributed by atoms with E-state index in [0.717, 1.165) is 11.6 Å². The lowest BCUT2D eigenvalue weighted by atomic mass is 9.93. The Balaban J connectivity index is 2.18. The van der Waals surface area contributed by atoms with Gasteiger partial charge in [-0.25, -0.2) is 0 Å². The third kappa shape index (κ3) is 1.79. The maximum Gasteiger partial charge on any atom is 0.0640 e. The largest absolute Gasteiger partial charge is 0.257 e. The minimum absolute atomic E-state index is 0.112. The lowest BCUT2D eigenvalue weighted by Crippen LogP contribution is -2.14. The van der Waals surface area contributed by atoms with Gasteiger partial charge >= 0.3 is 0 Å². The zero-order valence-corrected chi connectivity index (χ0v) is 9.41. The third-order valence-electron chi connectivity index (χ3n) is 2.93. The summed E-state index contributed by atoms with van der Waals surface area (Å²) in [5, 5.41) is 0. The second-order valence-electron chi connectivity index (χ2n) is 5.40. The van der Waals surface area contributed by atoms with Gasteiger partial charge < -0.3 is 0 Å². The number of aromatic nitrogens is 2. The fourth-order valence-electron chi connectivity index (χ4n) is 1.65. The normalized spacial score (nSPS) is 26.3. The zero-order valence-electron chi connectivity index (χ0n) is 9.41. The molecule has 0 bridgehead atoms. The van der Waals surface area contributed by atoms with E-state index >= 15 is 0 Å². The molecule has 14 heavy (non-hydrogen) atoms. The molecule has 1 saturated carbocycles. The molecule has 2 nitrogen and oxygen atoms in total. The number of hydrogen-bond donors (Lipinski definition) is 0. The summed E-state index contributed by atoms with van der Waals surface area (Å²) in [6, 6.07) is 0. The van der Waals surface area contributed by atoms with Crippen molar-refractivity contribution in [2.75, 3.05) is 0 Å². The first-order chi connectivity index (χ1) is 6.48. The van der Waals surface area contributed by atoms with E-state index in [9.17, 15) is 0 Å². The van der Waals surface area contributed by atoms with Crippen molar-refractivity contribution in [2.45, 2.75) is 45.4 Å². The van der Waals surface area contributed by atoms with Crippen molar-refractivity contribution >= 4 is 0 Å². The van der Waals surface area contributed by atoms with Gasteiger partial charge in [0.15, 0.2) is 0 Å². The fourth-order valence-corrected chi connectivity index (χ4v) is 1.65. The van der Waals surface area contributed by atoms with Crippen molar-refractivity contribution < 1.29 is 0 Å². The Morgan fingerprint density at radius 1 is 1.21 bits per heavy atom. The van der Waals surface area contributed by atoms with Gasteiger partial charge in [-0.2, -0.15) is 0 Å². The van der Waals surface area contributed by atoms with Gasteiger partial charge in [0.2, 0.25) is 0 Å². The van der Waals surface area contributed by atoms with Crippen LogP contribution in [0.3, 0.4) is 0 Å². The molecule has 0 saturated heterocycles. The second kappa shape index (κ2) is 3.04. The molecule has 1 heterocycles. The minimum atomic E-state index is 0.112. The number of nitrogens with zero attached hydrogens (tertiary/aromatic N) is 2. The molecule has 1 aromatic heterocycles. The molecule has 0 N–H and O–H groups in total. The Hall–Kier alpha value is -0.920. The van der Waals surface area contributed by atoms with Crippen molar-refractivity contribution in [1.82, 2.24) is 9.97 Å². The highest BCUT2D eigenvalue weighted by atomic mass is 14.8. The molecule has 0 aliphatic heterocycles. The van der Waals surface area contributed by atoms with E-state index in [1.807, 2.05) is 12.4 Å². The van der Waals surface area contributed by atoms with Crippen LogP contribution in [0.1, 0.15) is 51.4 Å². The monoisotopic (exact) mass is 190 g/mol. The van der Waals surface area contributed by atoms with Crippen molar-refractivity contribution in [3.8, 4) is 0 Å². The smallest absolute Gasteiger partial charge is 0.0640 e. The van der Waals surface area contributed by atoms with E-state index < -0.39 is 0 Å². The number of hydrogen-bond acceptors (Lipinski definition) is 2. The molecule has 1 aromatic rings. The van der Waals surface area contributed by atoms with E-state index in [-0.39, 0.29) is 5.41 Å². The van der Waals surface area contributed by atoms with Crippen LogP contribution < -0.4 is 0 Å². The molecular weight excluding hydrogens is 172 g/mol. The lowest BCUT2D eigenvalue weighted by Gasteiger charge is -2.16. The highest BCUT2D eigenvalue weighted by Crippen LogP contribution is 2.45. The summed E-state index contributed by atoms with van der Waals surface area (Å²) in [6.07, 6.45) is 5.17. The van der Waals surface area contributed by atoms with Gasteiger partial charge in [0.25, 0.3) is 0 Å². The Morgan fingerprint density at radius 3 is 2.21 bits per heavy atom. The van der Waals surface area contributed by atoms with Crippen LogP contribution in [0.5, 0.6) is 0 Å². The molecule has 0 radical (unpaired) electrons. The molecule has 0 aromatic carbocycles. The van der Waals surface area contributed by atoms with Gasteiger partial charge in [0, 0.05) is 23.7 Å². The van der Waals surface area contributed by atoms with Crippen LogP contribution in [0.2, 0.25) is 0 Å². The quantitative estimate of drug-likeness (QED) is 0.680. The van der Waals surface area contributed by atoms with Crippen LogP contribution in [0.15, 0.2) is 12.4 Å². The lowest BCUT2D eigenvalue weighted by molar-refractivity contribution is 0.563. The Bertz CT molecular complexity index is 321. The fraction of sp³-hybridized carbons (Fsp3) is 0.667. The van der Waals surface area contributed by atoms with Crippen molar-refractivity contribution in [1.29, 1.82) is 0 Å². The maximum absolute atomic E-state index is 4.50. The summed E-state index contributed by atoms with van der Waals surface area (Å²) in [5.74, 6) is 1.49. The van der Waals surface area contributed by atoms with E-state index in [2.05, 4.69) is 37.7 Å². The molecule has 0 spiro atoms. The van der Waals surface area contributed by atoms with Crippen molar-refractivity contribution in [3.05, 3.63) is 23.8 Å². The van der Waals surface area contributed by atoms with E-state index in [0.29, 0.717) is 5.92 Å². The molecule has 2 unspecified atom stereocenters. The van der Waals surface area contributed by atoms with Crippen LogP contribution in [0.4, 0.5) is 0 Å². The molecular formula is C12H18N2. The predicted molar refractivity (Wildman–Crippen MR) is 57.3 cm³/mol. The van der Waals surface area contributed by atoms with Gasteiger partial charge in [-0.1, -0.05) is 27.7 Å². The van der Waals surface area contributed by atoms with Gasteiger partial charge in [0.05, 0.1) is 11.4 Å². The first-order valence-electron chi connectivity index (χ1n) is 5.31. The van der Waals surface area contributed by atoms with Crippen LogP contribution >= 0.6 is 0 Å². The summed E-state index contributed by atoms with van der Waals surface area (Å²) < 4.78 is 0. The first kappa shape index (κ1) is 9.63. The molecule has 1 aliphatic carbocycles. The van der Waals surface area contributed by atoms with Crippen LogP contribution in [-0.2, 0) is 5.41 Å². The molecule has 2 heteroatoms. The maximum atomic E-state index is 4.50. The van der Waals surface area contributed by atoms with Crippen LogP contribution in [0, 0.1) is 5.92 Å². The standard InChI is InChI=1S/C12H18N2/c1-8-5-9(8)10-6-14-11(7-13-10)12(2,3)4/h6-9H,5H2,1-4H3. The summed E-state index contributed by atoms with van der Waals surface area (Å²) in [6.45, 7) is 8.76. The topological polar surface area (TPSA) is 25.8 Å². The molecule has 1 fully saturated rings. The molecule has 2 atom stereocenters. The average Bonchev–Trinajstić information content (AvgIpc) is 2.81. The summed E-state index contributed by atoms with van der Waals surface area (Å²) >= 11 is 0. The van der Waals surface area contributed by atoms with Gasteiger partial charge in [-0.05, 0) is 12.3 Å². The minimum Gasteiger partial charge on any atom is -0.257 e. The van der Waals surface area contributed by atoms with Gasteiger partial charge in [-0.15, -0.1) is 0 Å². The van der Waals surface area contributed by atoms with Crippen LogP contribution in [-0.4, -0.2) is 9.97 Å². The third-order valence-corrected chi connectivity index (χ3v) is 2.93. The highest BCUT2D eigenvalue weighted by molar-refractivity contribution is 5.17. The highest BCUT2D eigenvalue weighted by Gasteiger charge is 2.35. The molecule has 2 rings (SSSR count). The first-order valence-corrected chi connectivity index (χ1v) is 5.31. The van der Waals surface area contributed by atoms with Crippen molar-refractivity contribution in [2.24, 2.45) is 5.92 Å². The van der Waals surface area contributed by atoms with Crippen molar-refractivity contribution in [3.63, 3.8) is 0 Å². The molecule has 76 valence electrons. The zero-order chi connectivity index (χ0) is 10.3. The molecule has 1 aliphatic rings. The van der Waals surface area contributed by atoms with Crippen LogP contribution in [0.25, 0.3) is 0 Å². The summed E-state index contributed by atoms with van der Waals surface area (Å²) in [4.78, 5) is 8.98. The number of rotatable bonds is 1. The summed E-state index contributed by atoms with van der Waals surface area (Å²) in [5.41, 5.74) is 2.36. The Morgan fingerprint density at radius 2 is 1.86 bits per heavy atom. The van der Waals surface area contributed by atoms with Gasteiger partial charge in [-0.3, -0.25) is 9.97 Å².